The smallest absolute Gasteiger partial charge is 0.142 e. The molecule has 2 rings (SSSR count). The molecule has 0 unspecified atom stereocenters. The molecule has 0 aromatic carbocycles. The summed E-state index contributed by atoms with van der Waals surface area (Å²) in [6, 6.07) is 7.24. The summed E-state index contributed by atoms with van der Waals surface area (Å²) in [6.07, 6.45) is 3.10. The third-order valence-corrected chi connectivity index (χ3v) is 1.88. The van der Waals surface area contributed by atoms with Crippen LogP contribution in [-0.2, 0) is 0 Å². The minimum absolute atomic E-state index is 0.224. The zero-order valence-electron chi connectivity index (χ0n) is 7.27. The zero-order chi connectivity index (χ0) is 9.97. The summed E-state index contributed by atoms with van der Waals surface area (Å²) >= 11 is 0. The molecule has 0 aliphatic rings. The van der Waals surface area contributed by atoms with E-state index in [0.717, 1.165) is 0 Å². The van der Waals surface area contributed by atoms with Crippen molar-refractivity contribution in [3.05, 3.63) is 36.2 Å². The molecule has 0 atom stereocenters. The summed E-state index contributed by atoms with van der Waals surface area (Å²) in [4.78, 5) is 3.83. The van der Waals surface area contributed by atoms with Crippen molar-refractivity contribution >= 4 is 5.82 Å². The molecule has 14 heavy (non-hydrogen) atoms. The molecule has 0 amide bonds. The highest BCUT2D eigenvalue weighted by molar-refractivity contribution is 5.71. The summed E-state index contributed by atoms with van der Waals surface area (Å²) in [5.74, 6) is 0.844. The van der Waals surface area contributed by atoms with Gasteiger partial charge in [-0.25, -0.2) is 4.98 Å². The van der Waals surface area contributed by atoms with Crippen LogP contribution < -0.4 is 5.73 Å². The van der Waals surface area contributed by atoms with E-state index in [2.05, 4.69) is 4.98 Å². The van der Waals surface area contributed by atoms with E-state index in [-0.39, 0.29) is 5.82 Å². The van der Waals surface area contributed by atoms with Crippen LogP contribution in [0.25, 0.3) is 11.3 Å². The van der Waals surface area contributed by atoms with Crippen LogP contribution in [0.2, 0.25) is 0 Å². The number of nitriles is 1. The highest BCUT2D eigenvalue weighted by Crippen LogP contribution is 2.25. The number of pyridine rings is 1. The Bertz CT molecular complexity index is 483. The number of hydrogen-bond donors (Lipinski definition) is 1. The summed E-state index contributed by atoms with van der Waals surface area (Å²) in [7, 11) is 0. The molecule has 0 aliphatic heterocycles. The van der Waals surface area contributed by atoms with Crippen LogP contribution in [0.3, 0.4) is 0 Å². The largest absolute Gasteiger partial charge is 0.464 e. The molecule has 0 fully saturated rings. The molecule has 0 spiro atoms. The SMILES string of the molecule is N#Cc1c(-c2ccco2)ccnc1N. The maximum atomic E-state index is 8.89. The summed E-state index contributed by atoms with van der Waals surface area (Å²) in [5.41, 5.74) is 6.58. The Balaban J connectivity index is 2.66. The van der Waals surface area contributed by atoms with Gasteiger partial charge in [-0.3, -0.25) is 0 Å². The van der Waals surface area contributed by atoms with E-state index in [1.165, 1.54) is 0 Å². The second-order valence-corrected chi connectivity index (χ2v) is 2.71. The lowest BCUT2D eigenvalue weighted by Crippen LogP contribution is -1.95. The van der Waals surface area contributed by atoms with E-state index < -0.39 is 0 Å². The quantitative estimate of drug-likeness (QED) is 0.734. The minimum Gasteiger partial charge on any atom is -0.464 e. The highest BCUT2D eigenvalue weighted by Gasteiger charge is 2.10. The third kappa shape index (κ3) is 1.21. The molecule has 68 valence electrons. The van der Waals surface area contributed by atoms with Crippen LogP contribution in [0.5, 0.6) is 0 Å². The Labute approximate surface area is 80.6 Å². The predicted octanol–water partition coefficient (Wildman–Crippen LogP) is 1.80. The van der Waals surface area contributed by atoms with Crippen molar-refractivity contribution in [1.82, 2.24) is 4.98 Å². The van der Waals surface area contributed by atoms with Gasteiger partial charge in [-0.15, -0.1) is 0 Å². The van der Waals surface area contributed by atoms with Crippen LogP contribution in [0.1, 0.15) is 5.56 Å². The minimum atomic E-state index is 0.224. The van der Waals surface area contributed by atoms with Gasteiger partial charge in [0.1, 0.15) is 23.2 Å². The standard InChI is InChI=1S/C10H7N3O/c11-6-8-7(3-4-13-10(8)12)9-2-1-5-14-9/h1-5H,(H2,12,13). The number of aromatic nitrogens is 1. The molecular weight excluding hydrogens is 178 g/mol. The van der Waals surface area contributed by atoms with E-state index >= 15 is 0 Å². The van der Waals surface area contributed by atoms with Gasteiger partial charge in [0.25, 0.3) is 0 Å². The van der Waals surface area contributed by atoms with Gasteiger partial charge in [-0.1, -0.05) is 0 Å². The normalized spacial score (nSPS) is 9.64. The summed E-state index contributed by atoms with van der Waals surface area (Å²) < 4.78 is 5.18. The fourth-order valence-electron chi connectivity index (χ4n) is 1.23. The van der Waals surface area contributed by atoms with Crippen molar-refractivity contribution in [3.63, 3.8) is 0 Å². The van der Waals surface area contributed by atoms with Crippen molar-refractivity contribution < 1.29 is 4.42 Å². The van der Waals surface area contributed by atoms with Crippen molar-refractivity contribution in [2.24, 2.45) is 0 Å². The van der Waals surface area contributed by atoms with Crippen LogP contribution >= 0.6 is 0 Å². The van der Waals surface area contributed by atoms with Gasteiger partial charge in [-0.2, -0.15) is 5.26 Å². The second kappa shape index (κ2) is 3.23. The lowest BCUT2D eigenvalue weighted by Gasteiger charge is -2.01. The maximum Gasteiger partial charge on any atom is 0.142 e. The Morgan fingerprint density at radius 3 is 2.93 bits per heavy atom. The topological polar surface area (TPSA) is 75.8 Å². The van der Waals surface area contributed by atoms with Crippen molar-refractivity contribution in [2.75, 3.05) is 5.73 Å². The molecule has 2 aromatic rings. The van der Waals surface area contributed by atoms with Crippen molar-refractivity contribution in [3.8, 4) is 17.4 Å². The van der Waals surface area contributed by atoms with Gasteiger partial charge in [0.05, 0.1) is 6.26 Å². The van der Waals surface area contributed by atoms with Gasteiger partial charge in [-0.05, 0) is 18.2 Å². The average Bonchev–Trinajstić information content (AvgIpc) is 2.70. The van der Waals surface area contributed by atoms with E-state index in [1.54, 1.807) is 30.7 Å². The van der Waals surface area contributed by atoms with Crippen LogP contribution in [-0.4, -0.2) is 4.98 Å². The van der Waals surface area contributed by atoms with Crippen molar-refractivity contribution in [1.29, 1.82) is 5.26 Å². The molecule has 4 nitrogen and oxygen atoms in total. The van der Waals surface area contributed by atoms with Crippen LogP contribution in [0, 0.1) is 11.3 Å². The van der Waals surface area contributed by atoms with Crippen molar-refractivity contribution in [2.45, 2.75) is 0 Å². The Kier molecular flexibility index (Phi) is 1.92. The molecule has 2 aromatic heterocycles. The monoisotopic (exact) mass is 185 g/mol. The van der Waals surface area contributed by atoms with E-state index in [4.69, 9.17) is 15.4 Å². The average molecular weight is 185 g/mol. The lowest BCUT2D eigenvalue weighted by molar-refractivity contribution is 0.582. The fourth-order valence-corrected chi connectivity index (χ4v) is 1.23. The van der Waals surface area contributed by atoms with Gasteiger partial charge < -0.3 is 10.2 Å². The van der Waals surface area contributed by atoms with E-state index in [0.29, 0.717) is 16.9 Å². The predicted molar refractivity (Wildman–Crippen MR) is 51.1 cm³/mol. The number of anilines is 1. The van der Waals surface area contributed by atoms with E-state index in [9.17, 15) is 0 Å². The molecule has 0 bridgehead atoms. The number of rotatable bonds is 1. The first-order chi connectivity index (χ1) is 6.83. The molecular formula is C10H7N3O. The first-order valence-electron chi connectivity index (χ1n) is 4.01. The lowest BCUT2D eigenvalue weighted by atomic mass is 10.1. The van der Waals surface area contributed by atoms with Crippen LogP contribution in [0.15, 0.2) is 35.1 Å². The third-order valence-electron chi connectivity index (χ3n) is 1.88. The molecule has 0 radical (unpaired) electrons. The molecule has 4 heteroatoms. The maximum absolute atomic E-state index is 8.89. The number of nitrogens with zero attached hydrogens (tertiary/aromatic N) is 2. The molecule has 0 saturated carbocycles. The Morgan fingerprint density at radius 2 is 2.29 bits per heavy atom. The second-order valence-electron chi connectivity index (χ2n) is 2.71. The number of nitrogens with two attached hydrogens (primary N) is 1. The highest BCUT2D eigenvalue weighted by atomic mass is 16.3. The molecule has 2 N–H and O–H groups in total. The molecule has 0 aliphatic carbocycles. The Morgan fingerprint density at radius 1 is 1.43 bits per heavy atom. The van der Waals surface area contributed by atoms with Gasteiger partial charge in [0.15, 0.2) is 0 Å². The first kappa shape index (κ1) is 8.32. The number of furan rings is 1. The number of hydrogen-bond acceptors (Lipinski definition) is 4. The van der Waals surface area contributed by atoms with Gasteiger partial charge >= 0.3 is 0 Å². The van der Waals surface area contributed by atoms with Crippen LogP contribution in [0.4, 0.5) is 5.82 Å². The molecule has 2 heterocycles. The first-order valence-corrected chi connectivity index (χ1v) is 4.01. The summed E-state index contributed by atoms with van der Waals surface area (Å²) in [6.45, 7) is 0. The molecule has 0 saturated heterocycles. The zero-order valence-corrected chi connectivity index (χ0v) is 7.27. The number of nitrogen functional groups attached to an aromatic ring is 1. The van der Waals surface area contributed by atoms with Gasteiger partial charge in [0.2, 0.25) is 0 Å². The summed E-state index contributed by atoms with van der Waals surface area (Å²) in [5, 5.41) is 8.89. The van der Waals surface area contributed by atoms with E-state index in [1.807, 2.05) is 6.07 Å². The Hall–Kier alpha value is -2.28. The fraction of sp³-hybridized carbons (Fsp3) is 0. The van der Waals surface area contributed by atoms with Gasteiger partial charge in [0, 0.05) is 11.8 Å².